The van der Waals surface area contributed by atoms with E-state index in [2.05, 4.69) is 51.2 Å². The first-order valence-corrected chi connectivity index (χ1v) is 14.0. The minimum absolute atomic E-state index is 0.652. The van der Waals surface area contributed by atoms with Crippen LogP contribution in [0.5, 0.6) is 0 Å². The molecular weight excluding hydrogens is 479 g/mol. The Kier molecular flexibility index (Phi) is 5.91. The number of nitrogens with zero attached hydrogens (tertiary/aromatic N) is 1. The van der Waals surface area contributed by atoms with Gasteiger partial charge >= 0.3 is 102 Å². The molecule has 1 rings (SSSR count). The van der Waals surface area contributed by atoms with E-state index in [0.29, 0.717) is 0 Å². The number of rotatable bonds is 2. The number of piperidine rings is 1. The molecule has 0 radical (unpaired) electrons. The monoisotopic (exact) mass is 493 g/mol. The van der Waals surface area contributed by atoms with Crippen molar-refractivity contribution in [3.05, 3.63) is 0 Å². The second kappa shape index (κ2) is 5.79. The Bertz CT molecular complexity index is 112. The zero-order valence-corrected chi connectivity index (χ0v) is 13.2. The first-order chi connectivity index (χ1) is 5.24. The molecule has 0 atom stereocenters. The zero-order valence-electron chi connectivity index (χ0n) is 6.69. The van der Waals surface area contributed by atoms with Gasteiger partial charge in [0.1, 0.15) is 0 Å². The predicted molar refractivity (Wildman–Crippen MR) is 77.2 cm³/mol. The van der Waals surface area contributed by atoms with Crippen LogP contribution >= 0.6 is 57.3 Å². The van der Waals surface area contributed by atoms with E-state index in [0.717, 1.165) is 3.92 Å². The number of hydrogen-bond acceptors (Lipinski definition) is 1. The average molecular weight is 493 g/mol. The van der Waals surface area contributed by atoms with Gasteiger partial charge < -0.3 is 0 Å². The number of halogens is 3. The summed E-state index contributed by atoms with van der Waals surface area (Å²) in [5.41, 5.74) is 0. The van der Waals surface area contributed by atoms with E-state index >= 15 is 0 Å². The molecule has 1 fully saturated rings. The molecule has 0 N–H and O–H groups in total. The third kappa shape index (κ3) is 3.80. The number of alkyl halides is 2. The van der Waals surface area contributed by atoms with Crippen molar-refractivity contribution in [3.63, 3.8) is 0 Å². The fourth-order valence-corrected chi connectivity index (χ4v) is 6.74. The Morgan fingerprint density at radius 1 is 1.45 bits per heavy atom. The van der Waals surface area contributed by atoms with Gasteiger partial charge in [-0.1, -0.05) is 0 Å². The summed E-state index contributed by atoms with van der Waals surface area (Å²) in [7, 11) is 0. The number of hydrogen-bond donors (Lipinski definition) is 0. The second-order valence-electron chi connectivity index (χ2n) is 2.64. The maximum absolute atomic E-state index is 2.76. The van der Waals surface area contributed by atoms with Crippen molar-refractivity contribution in [2.24, 2.45) is 0 Å². The fraction of sp³-hybridized carbons (Fsp3) is 1.00. The standard InChI is InChI=1S/C7H14I3N/c1-2-10(9)11-5-3-7(8)4-6-11/h7H,2-6H2,1H3. The van der Waals surface area contributed by atoms with Crippen molar-refractivity contribution in [1.82, 2.24) is 3.11 Å². The van der Waals surface area contributed by atoms with Crippen molar-refractivity contribution < 1.29 is 0 Å². The minimum atomic E-state index is -0.652. The summed E-state index contributed by atoms with van der Waals surface area (Å²) in [6, 6.07) is 0. The van der Waals surface area contributed by atoms with Crippen molar-refractivity contribution >= 4 is 57.3 Å². The van der Waals surface area contributed by atoms with Crippen LogP contribution in [0.2, 0.25) is 0 Å². The van der Waals surface area contributed by atoms with Crippen LogP contribution in [0, 0.1) is 0 Å². The Morgan fingerprint density at radius 3 is 2.45 bits per heavy atom. The molecule has 0 amide bonds. The van der Waals surface area contributed by atoms with Gasteiger partial charge in [-0.05, 0) is 0 Å². The molecule has 1 saturated heterocycles. The van der Waals surface area contributed by atoms with Gasteiger partial charge in [-0.25, -0.2) is 0 Å². The van der Waals surface area contributed by atoms with Gasteiger partial charge in [-0.15, -0.1) is 0 Å². The molecule has 0 aliphatic carbocycles. The van der Waals surface area contributed by atoms with E-state index in [-0.39, 0.29) is 0 Å². The third-order valence-electron chi connectivity index (χ3n) is 1.85. The summed E-state index contributed by atoms with van der Waals surface area (Å²) in [5, 5.41) is 0. The Labute approximate surface area is 100 Å². The summed E-state index contributed by atoms with van der Waals surface area (Å²) in [6.07, 6.45) is 2.86. The topological polar surface area (TPSA) is 3.24 Å². The average Bonchev–Trinajstić information content (AvgIpc) is 2.05. The van der Waals surface area contributed by atoms with Crippen LogP contribution in [-0.2, 0) is 0 Å². The fourth-order valence-electron chi connectivity index (χ4n) is 1.17. The molecule has 1 nitrogen and oxygen atoms in total. The molecule has 0 aromatic heterocycles. The van der Waals surface area contributed by atoms with Crippen LogP contribution in [0.1, 0.15) is 19.8 Å². The summed E-state index contributed by atoms with van der Waals surface area (Å²) in [6.45, 7) is 5.11. The van der Waals surface area contributed by atoms with Crippen molar-refractivity contribution in [2.75, 3.05) is 17.5 Å². The molecule has 0 aromatic rings. The summed E-state index contributed by atoms with van der Waals surface area (Å²) >= 11 is 4.65. The first-order valence-electron chi connectivity index (χ1n) is 3.95. The Balaban J connectivity index is 2.27. The second-order valence-corrected chi connectivity index (χ2v) is 15.2. The van der Waals surface area contributed by atoms with Gasteiger partial charge in [0.05, 0.1) is 0 Å². The summed E-state index contributed by atoms with van der Waals surface area (Å²) in [5.74, 6) is 0. The SMILES string of the molecule is CCI(I)N1CCC(I)CC1. The van der Waals surface area contributed by atoms with E-state index in [4.69, 9.17) is 0 Å². The van der Waals surface area contributed by atoms with E-state index in [1.54, 1.807) is 0 Å². The molecule has 0 saturated carbocycles. The molecule has 0 bridgehead atoms. The molecule has 11 heavy (non-hydrogen) atoms. The van der Waals surface area contributed by atoms with Crippen molar-refractivity contribution in [3.8, 4) is 0 Å². The van der Waals surface area contributed by atoms with Gasteiger partial charge in [-0.2, -0.15) is 0 Å². The molecule has 68 valence electrons. The van der Waals surface area contributed by atoms with E-state index in [9.17, 15) is 0 Å². The first kappa shape index (κ1) is 11.2. The van der Waals surface area contributed by atoms with Crippen LogP contribution in [-0.4, -0.2) is 24.6 Å². The molecule has 0 unspecified atom stereocenters. The predicted octanol–water partition coefficient (Wildman–Crippen LogP) is 3.68. The molecule has 1 aliphatic heterocycles. The summed E-state index contributed by atoms with van der Waals surface area (Å²) < 4.78 is 5.16. The molecule has 0 spiro atoms. The normalized spacial score (nSPS) is 23.7. The van der Waals surface area contributed by atoms with Gasteiger partial charge in [0.15, 0.2) is 0 Å². The quantitative estimate of drug-likeness (QED) is 0.323. The van der Waals surface area contributed by atoms with Crippen LogP contribution in [0.3, 0.4) is 0 Å². The van der Waals surface area contributed by atoms with Crippen molar-refractivity contribution in [1.29, 1.82) is 0 Å². The van der Waals surface area contributed by atoms with E-state index < -0.39 is 16.1 Å². The molecule has 4 heteroatoms. The molecule has 1 aliphatic rings. The van der Waals surface area contributed by atoms with E-state index in [1.807, 2.05) is 0 Å². The molecule has 1 heterocycles. The Hall–Kier alpha value is 2.15. The third-order valence-corrected chi connectivity index (χ3v) is 14.1. The van der Waals surface area contributed by atoms with Gasteiger partial charge in [0, 0.05) is 0 Å². The van der Waals surface area contributed by atoms with Crippen LogP contribution in [0.4, 0.5) is 0 Å². The van der Waals surface area contributed by atoms with Gasteiger partial charge in [0.25, 0.3) is 0 Å². The van der Waals surface area contributed by atoms with Crippen LogP contribution in [0.15, 0.2) is 0 Å². The Morgan fingerprint density at radius 2 is 2.00 bits per heavy atom. The van der Waals surface area contributed by atoms with Crippen LogP contribution in [0.25, 0.3) is 0 Å². The van der Waals surface area contributed by atoms with Gasteiger partial charge in [-0.3, -0.25) is 0 Å². The maximum atomic E-state index is 2.76. The zero-order chi connectivity index (χ0) is 8.27. The van der Waals surface area contributed by atoms with Gasteiger partial charge in [0.2, 0.25) is 0 Å². The van der Waals surface area contributed by atoms with E-state index in [1.165, 1.54) is 30.4 Å². The summed E-state index contributed by atoms with van der Waals surface area (Å²) in [4.78, 5) is 0. The van der Waals surface area contributed by atoms with Crippen molar-refractivity contribution in [2.45, 2.75) is 23.7 Å². The molecular formula is C7H14I3N. The van der Waals surface area contributed by atoms with Crippen LogP contribution < -0.4 is 0 Å². The molecule has 0 aromatic carbocycles.